The molecular weight excluding hydrogens is 550 g/mol. The van der Waals surface area contributed by atoms with E-state index in [1.807, 2.05) is 0 Å². The van der Waals surface area contributed by atoms with Crippen LogP contribution in [-0.4, -0.2) is 86.4 Å². The van der Waals surface area contributed by atoms with E-state index in [1.54, 1.807) is 19.1 Å². The molecule has 1 fully saturated rings. The molecule has 2 aromatic carbocycles. The Morgan fingerprint density at radius 3 is 2.30 bits per heavy atom. The third-order valence-electron chi connectivity index (χ3n) is 7.48. The molecule has 2 aliphatic carbocycles. The number of aliphatic hydroxyl groups excluding tert-OH is 2. The molecule has 7 N–H and O–H groups in total. The Kier molecular flexibility index (Phi) is 8.37. The first-order chi connectivity index (χ1) is 18.5. The molecule has 40 heavy (non-hydrogen) atoms. The molecule has 0 spiro atoms. The number of halogens is 1. The number of Topliss-reactive ketones (excluding diaryl/α,β-unsaturated/α-hetero) is 1. The van der Waals surface area contributed by atoms with Crippen LogP contribution >= 0.6 is 12.4 Å². The minimum Gasteiger partial charge on any atom is -0.507 e. The van der Waals surface area contributed by atoms with Crippen LogP contribution in [0.15, 0.2) is 24.3 Å². The van der Waals surface area contributed by atoms with Crippen LogP contribution in [0.2, 0.25) is 0 Å². The van der Waals surface area contributed by atoms with Crippen LogP contribution in [0.1, 0.15) is 68.8 Å². The number of carbonyl (C=O) groups excluding carboxylic acids is 3. The smallest absolute Gasteiger partial charge is 0.198 e. The molecule has 2 aromatic rings. The average molecular weight is 580 g/mol. The summed E-state index contributed by atoms with van der Waals surface area (Å²) in [6, 6.07) is 5.30. The summed E-state index contributed by atoms with van der Waals surface area (Å²) in [4.78, 5) is 38.5. The Morgan fingerprint density at radius 2 is 1.73 bits per heavy atom. The van der Waals surface area contributed by atoms with Gasteiger partial charge in [-0.1, -0.05) is 24.3 Å². The van der Waals surface area contributed by atoms with Gasteiger partial charge in [0.2, 0.25) is 0 Å². The van der Waals surface area contributed by atoms with Crippen molar-refractivity contribution in [1.82, 2.24) is 0 Å². The highest BCUT2D eigenvalue weighted by molar-refractivity contribution is 6.30. The number of phenolic OH excluding ortho intramolecular Hbond substituents is 2. The summed E-state index contributed by atoms with van der Waals surface area (Å²) in [7, 11) is 0. The van der Waals surface area contributed by atoms with Gasteiger partial charge in [0.1, 0.15) is 24.7 Å². The predicted molar refractivity (Wildman–Crippen MR) is 138 cm³/mol. The summed E-state index contributed by atoms with van der Waals surface area (Å²) in [6.45, 7) is 0.109. The van der Waals surface area contributed by atoms with Gasteiger partial charge in [0.25, 0.3) is 0 Å². The van der Waals surface area contributed by atoms with E-state index in [-0.39, 0.29) is 47.5 Å². The molecule has 0 aromatic heterocycles. The standard InChI is InChI=1S/C27H29NO11.ClH/c1-11-22(31)16(28)6-18(38-11)39-17-8-27(36,37-10-12(30)9-29)7-15-19(17)26(35)21-20(25(15)34)23(32)13-4-2-3-5-14(13)24(21)33;/h2-5,11,16-18,22,29,31,34-36H,6-10,28H2,1H3;1H/t11-,16-,17?,18-,22+,27?;/m0./s1. The van der Waals surface area contributed by atoms with Crippen LogP contribution in [0, 0.1) is 0 Å². The Labute approximate surface area is 234 Å². The second-order valence-corrected chi connectivity index (χ2v) is 10.1. The molecule has 2 unspecified atom stereocenters. The second-order valence-electron chi connectivity index (χ2n) is 10.1. The van der Waals surface area contributed by atoms with Crippen molar-refractivity contribution in [1.29, 1.82) is 0 Å². The molecule has 12 nitrogen and oxygen atoms in total. The fourth-order valence-electron chi connectivity index (χ4n) is 5.49. The van der Waals surface area contributed by atoms with Crippen molar-refractivity contribution in [2.75, 3.05) is 13.2 Å². The van der Waals surface area contributed by atoms with Gasteiger partial charge in [0, 0.05) is 47.6 Å². The van der Waals surface area contributed by atoms with Crippen molar-refractivity contribution in [3.8, 4) is 11.5 Å². The molecule has 0 amide bonds. The van der Waals surface area contributed by atoms with Crippen molar-refractivity contribution in [2.45, 2.75) is 62.6 Å². The maximum Gasteiger partial charge on any atom is 0.198 e. The van der Waals surface area contributed by atoms with Crippen LogP contribution in [0.3, 0.4) is 0 Å². The number of fused-ring (bicyclic) bond motifs is 3. The Bertz CT molecular complexity index is 1350. The molecule has 0 saturated carbocycles. The fraction of sp³-hybridized carbons (Fsp3) is 0.444. The monoisotopic (exact) mass is 579 g/mol. The lowest BCUT2D eigenvalue weighted by Crippen LogP contribution is -2.52. The molecule has 13 heteroatoms. The summed E-state index contributed by atoms with van der Waals surface area (Å²) in [6.07, 6.45) is -4.76. The fourth-order valence-corrected chi connectivity index (χ4v) is 5.49. The van der Waals surface area contributed by atoms with Gasteiger partial charge in [0.15, 0.2) is 29.4 Å². The second kappa shape index (κ2) is 11.1. The number of hydrogen-bond donors (Lipinski definition) is 6. The molecular formula is C27H30ClNO11. The number of carbonyl (C=O) groups is 3. The van der Waals surface area contributed by atoms with Gasteiger partial charge in [-0.2, -0.15) is 0 Å². The largest absolute Gasteiger partial charge is 0.507 e. The van der Waals surface area contributed by atoms with E-state index in [0.717, 1.165) is 0 Å². The quantitative estimate of drug-likeness (QED) is 0.173. The van der Waals surface area contributed by atoms with Crippen LogP contribution in [0.25, 0.3) is 0 Å². The maximum absolute atomic E-state index is 13.4. The van der Waals surface area contributed by atoms with E-state index in [2.05, 4.69) is 0 Å². The van der Waals surface area contributed by atoms with Crippen LogP contribution in [-0.2, 0) is 25.4 Å². The van der Waals surface area contributed by atoms with Crippen molar-refractivity contribution in [3.05, 3.63) is 57.6 Å². The summed E-state index contributed by atoms with van der Waals surface area (Å²) < 4.78 is 17.2. The SMILES string of the molecule is C[C@@H]1O[C@@H](OC2CC(O)(OCC(=O)CO)Cc3c(O)c4c(c(O)c32)C(=O)c2ccccc2C4=O)C[C@H](N)[C@@H]1O.Cl. The summed E-state index contributed by atoms with van der Waals surface area (Å²) in [5.74, 6) is -5.46. The van der Waals surface area contributed by atoms with E-state index < -0.39 is 96.0 Å². The van der Waals surface area contributed by atoms with Gasteiger partial charge in [-0.15, -0.1) is 12.4 Å². The van der Waals surface area contributed by atoms with E-state index in [4.69, 9.17) is 25.1 Å². The minimum absolute atomic E-state index is 0. The molecule has 216 valence electrons. The lowest BCUT2D eigenvalue weighted by molar-refractivity contribution is -0.271. The van der Waals surface area contributed by atoms with Gasteiger partial charge in [-0.25, -0.2) is 0 Å². The van der Waals surface area contributed by atoms with Crippen LogP contribution in [0.5, 0.6) is 11.5 Å². The number of rotatable bonds is 6. The Balaban J connectivity index is 0.00000370. The zero-order valence-corrected chi connectivity index (χ0v) is 22.2. The van der Waals surface area contributed by atoms with E-state index >= 15 is 0 Å². The molecule has 0 bridgehead atoms. The lowest BCUT2D eigenvalue weighted by Gasteiger charge is -2.42. The van der Waals surface area contributed by atoms with Gasteiger partial charge >= 0.3 is 0 Å². The third kappa shape index (κ3) is 5.01. The van der Waals surface area contributed by atoms with Gasteiger partial charge in [-0.3, -0.25) is 14.4 Å². The first-order valence-electron chi connectivity index (χ1n) is 12.5. The Hall–Kier alpha value is -2.94. The molecule has 3 aliphatic rings. The normalized spacial score (nSPS) is 29.2. The van der Waals surface area contributed by atoms with Crippen molar-refractivity contribution in [3.63, 3.8) is 0 Å². The van der Waals surface area contributed by atoms with E-state index in [1.165, 1.54) is 12.1 Å². The number of hydrogen-bond acceptors (Lipinski definition) is 12. The van der Waals surface area contributed by atoms with Gasteiger partial charge in [0.05, 0.1) is 29.4 Å². The predicted octanol–water partition coefficient (Wildman–Crippen LogP) is 0.389. The third-order valence-corrected chi connectivity index (χ3v) is 7.48. The summed E-state index contributed by atoms with van der Waals surface area (Å²) in [5.41, 5.74) is 5.14. The topological polar surface area (TPSA) is 206 Å². The summed E-state index contributed by atoms with van der Waals surface area (Å²) in [5, 5.41) is 53.3. The highest BCUT2D eigenvalue weighted by Gasteiger charge is 2.48. The lowest BCUT2D eigenvalue weighted by atomic mass is 9.75. The van der Waals surface area contributed by atoms with Crippen LogP contribution in [0.4, 0.5) is 0 Å². The maximum atomic E-state index is 13.4. The molecule has 0 radical (unpaired) electrons. The number of phenols is 2. The minimum atomic E-state index is -2.14. The van der Waals surface area contributed by atoms with Crippen molar-refractivity contribution in [2.24, 2.45) is 5.73 Å². The number of aliphatic hydroxyl groups is 3. The number of aromatic hydroxyl groups is 2. The van der Waals surface area contributed by atoms with Gasteiger partial charge < -0.3 is 45.5 Å². The van der Waals surface area contributed by atoms with Crippen LogP contribution < -0.4 is 5.73 Å². The highest BCUT2D eigenvalue weighted by Crippen LogP contribution is 2.52. The number of nitrogens with two attached hydrogens (primary N) is 1. The van der Waals surface area contributed by atoms with Crippen molar-refractivity contribution < 1.29 is 54.1 Å². The Morgan fingerprint density at radius 1 is 1.12 bits per heavy atom. The first-order valence-corrected chi connectivity index (χ1v) is 12.5. The number of ether oxygens (including phenoxy) is 3. The molecule has 1 aliphatic heterocycles. The number of benzene rings is 2. The molecule has 1 saturated heterocycles. The molecule has 6 atom stereocenters. The van der Waals surface area contributed by atoms with Gasteiger partial charge in [-0.05, 0) is 6.92 Å². The molecule has 1 heterocycles. The molecule has 5 rings (SSSR count). The zero-order chi connectivity index (χ0) is 28.2. The number of ketones is 3. The first kappa shape index (κ1) is 30.0. The summed E-state index contributed by atoms with van der Waals surface area (Å²) >= 11 is 0. The average Bonchev–Trinajstić information content (AvgIpc) is 2.90. The zero-order valence-electron chi connectivity index (χ0n) is 21.4. The van der Waals surface area contributed by atoms with Crippen molar-refractivity contribution >= 4 is 29.8 Å². The highest BCUT2D eigenvalue weighted by atomic mass is 35.5. The van der Waals surface area contributed by atoms with E-state index in [9.17, 15) is 34.8 Å². The van der Waals surface area contributed by atoms with E-state index in [0.29, 0.717) is 0 Å².